The first-order valence-corrected chi connectivity index (χ1v) is 9.63. The van der Waals surface area contributed by atoms with Gasteiger partial charge in [0.1, 0.15) is 5.75 Å². The maximum atomic E-state index is 11.2. The van der Waals surface area contributed by atoms with Gasteiger partial charge in [-0.15, -0.1) is 0 Å². The molecule has 0 aliphatic carbocycles. The molecule has 5 rings (SSSR count). The van der Waals surface area contributed by atoms with E-state index in [1.165, 1.54) is 0 Å². The molecule has 1 heterocycles. The van der Waals surface area contributed by atoms with Crippen molar-refractivity contribution < 1.29 is 5.11 Å². The molecule has 3 nitrogen and oxygen atoms in total. The third kappa shape index (κ3) is 2.97. The number of fused-ring (bicyclic) bond motifs is 2. The highest BCUT2D eigenvalue weighted by Crippen LogP contribution is 2.41. The molecule has 140 valence electrons. The minimum absolute atomic E-state index is 0.238. The Morgan fingerprint density at radius 3 is 2.14 bits per heavy atom. The van der Waals surface area contributed by atoms with Gasteiger partial charge in [-0.3, -0.25) is 0 Å². The van der Waals surface area contributed by atoms with Crippen molar-refractivity contribution in [1.82, 2.24) is 4.68 Å². The van der Waals surface area contributed by atoms with Crippen molar-refractivity contribution in [2.24, 2.45) is 5.10 Å². The quantitative estimate of drug-likeness (QED) is 0.289. The summed E-state index contributed by atoms with van der Waals surface area (Å²) in [6.07, 6.45) is 3.60. The molecule has 0 radical (unpaired) electrons. The molecular formula is C26H20N2O. The van der Waals surface area contributed by atoms with Crippen LogP contribution in [-0.4, -0.2) is 16.0 Å². The molecule has 4 aromatic carbocycles. The molecule has 1 aromatic heterocycles. The van der Waals surface area contributed by atoms with E-state index in [-0.39, 0.29) is 5.75 Å². The lowest BCUT2D eigenvalue weighted by atomic mass is 9.91. The summed E-state index contributed by atoms with van der Waals surface area (Å²) in [5.74, 6) is 0.238. The molecule has 0 saturated carbocycles. The minimum atomic E-state index is 0.238. The molecule has 0 saturated heterocycles. The van der Waals surface area contributed by atoms with Crippen LogP contribution in [0.1, 0.15) is 11.3 Å². The van der Waals surface area contributed by atoms with Crippen LogP contribution in [-0.2, 0) is 0 Å². The number of rotatable bonds is 3. The van der Waals surface area contributed by atoms with Crippen LogP contribution in [0, 0.1) is 6.92 Å². The largest absolute Gasteiger partial charge is 0.507 e. The summed E-state index contributed by atoms with van der Waals surface area (Å²) >= 11 is 0. The van der Waals surface area contributed by atoms with E-state index < -0.39 is 0 Å². The lowest BCUT2D eigenvalue weighted by molar-refractivity contribution is 0.476. The summed E-state index contributed by atoms with van der Waals surface area (Å²) in [5.41, 5.74) is 3.58. The second kappa shape index (κ2) is 6.95. The SMILES string of the molecule is Cc1cccn1/N=C/c1cccc(-c2c3ccccc3cc3ccccc23)c1O. The number of aromatic nitrogens is 1. The molecule has 0 bridgehead atoms. The Balaban J connectivity index is 1.75. The van der Waals surface area contributed by atoms with Gasteiger partial charge < -0.3 is 5.11 Å². The van der Waals surface area contributed by atoms with Crippen LogP contribution in [0.5, 0.6) is 5.75 Å². The van der Waals surface area contributed by atoms with E-state index in [4.69, 9.17) is 0 Å². The van der Waals surface area contributed by atoms with E-state index >= 15 is 0 Å². The molecule has 0 atom stereocenters. The standard InChI is InChI=1S/C26H20N2O/c1-18-8-7-15-28(18)27-17-21-11-6-14-24(26(21)29)25-22-12-4-2-9-19(22)16-20-10-3-5-13-23(20)25/h2-17,29H,1H3/b27-17+. The number of hydrogen-bond acceptors (Lipinski definition) is 2. The summed E-state index contributed by atoms with van der Waals surface area (Å²) in [7, 11) is 0. The molecule has 5 aromatic rings. The lowest BCUT2D eigenvalue weighted by Gasteiger charge is -2.14. The number of hydrogen-bond donors (Lipinski definition) is 1. The van der Waals surface area contributed by atoms with Gasteiger partial charge in [0.15, 0.2) is 0 Å². The van der Waals surface area contributed by atoms with Crippen LogP contribution in [0.15, 0.2) is 96.2 Å². The highest BCUT2D eigenvalue weighted by Gasteiger charge is 2.14. The molecule has 0 aliphatic heterocycles. The van der Waals surface area contributed by atoms with Gasteiger partial charge in [0, 0.05) is 28.6 Å². The number of para-hydroxylation sites is 1. The Bertz CT molecular complexity index is 1320. The maximum Gasteiger partial charge on any atom is 0.132 e. The monoisotopic (exact) mass is 376 g/mol. The predicted octanol–water partition coefficient (Wildman–Crippen LogP) is 6.36. The first-order chi connectivity index (χ1) is 14.2. The van der Waals surface area contributed by atoms with Crippen molar-refractivity contribution in [2.45, 2.75) is 6.92 Å². The summed E-state index contributed by atoms with van der Waals surface area (Å²) < 4.78 is 1.79. The fraction of sp³-hybridized carbons (Fsp3) is 0.0385. The Kier molecular flexibility index (Phi) is 4.14. The number of aromatic hydroxyl groups is 1. The molecule has 0 aliphatic rings. The summed E-state index contributed by atoms with van der Waals surface area (Å²) in [4.78, 5) is 0. The van der Waals surface area contributed by atoms with Crippen molar-refractivity contribution in [1.29, 1.82) is 0 Å². The highest BCUT2D eigenvalue weighted by molar-refractivity contribution is 6.14. The van der Waals surface area contributed by atoms with Gasteiger partial charge in [-0.25, -0.2) is 4.68 Å². The lowest BCUT2D eigenvalue weighted by Crippen LogP contribution is -1.93. The van der Waals surface area contributed by atoms with Crippen LogP contribution in [0.25, 0.3) is 32.7 Å². The van der Waals surface area contributed by atoms with Crippen LogP contribution >= 0.6 is 0 Å². The minimum Gasteiger partial charge on any atom is -0.507 e. The highest BCUT2D eigenvalue weighted by atomic mass is 16.3. The van der Waals surface area contributed by atoms with Crippen molar-refractivity contribution >= 4 is 27.8 Å². The Morgan fingerprint density at radius 1 is 0.793 bits per heavy atom. The summed E-state index contributed by atoms with van der Waals surface area (Å²) in [5, 5.41) is 20.2. The van der Waals surface area contributed by atoms with Crippen molar-refractivity contribution in [3.63, 3.8) is 0 Å². The topological polar surface area (TPSA) is 37.5 Å². The molecule has 0 unspecified atom stereocenters. The van der Waals surface area contributed by atoms with E-state index in [2.05, 4.69) is 35.4 Å². The zero-order chi connectivity index (χ0) is 19.8. The van der Waals surface area contributed by atoms with E-state index in [0.717, 1.165) is 38.4 Å². The van der Waals surface area contributed by atoms with E-state index in [0.29, 0.717) is 5.56 Å². The second-order valence-electron chi connectivity index (χ2n) is 7.18. The van der Waals surface area contributed by atoms with Gasteiger partial charge >= 0.3 is 0 Å². The third-order valence-corrected chi connectivity index (χ3v) is 5.36. The fourth-order valence-electron chi connectivity index (χ4n) is 3.88. The number of phenols is 1. The van der Waals surface area contributed by atoms with Crippen LogP contribution in [0.3, 0.4) is 0 Å². The average Bonchev–Trinajstić information content (AvgIpc) is 3.16. The van der Waals surface area contributed by atoms with Gasteiger partial charge in [-0.2, -0.15) is 5.10 Å². The van der Waals surface area contributed by atoms with Gasteiger partial charge in [0.2, 0.25) is 0 Å². The first-order valence-electron chi connectivity index (χ1n) is 9.63. The van der Waals surface area contributed by atoms with Crippen LogP contribution < -0.4 is 0 Å². The zero-order valence-electron chi connectivity index (χ0n) is 16.1. The van der Waals surface area contributed by atoms with Gasteiger partial charge in [0.25, 0.3) is 0 Å². The van der Waals surface area contributed by atoms with Gasteiger partial charge in [0.05, 0.1) is 6.21 Å². The Labute approximate surface area is 169 Å². The maximum absolute atomic E-state index is 11.2. The fourth-order valence-corrected chi connectivity index (χ4v) is 3.88. The molecule has 0 spiro atoms. The average molecular weight is 376 g/mol. The molecule has 0 fully saturated rings. The van der Waals surface area contributed by atoms with Crippen molar-refractivity contribution in [3.8, 4) is 16.9 Å². The van der Waals surface area contributed by atoms with E-state index in [1.807, 2.05) is 67.7 Å². The molecule has 29 heavy (non-hydrogen) atoms. The molecule has 1 N–H and O–H groups in total. The number of aryl methyl sites for hydroxylation is 1. The third-order valence-electron chi connectivity index (χ3n) is 5.36. The number of benzene rings is 4. The van der Waals surface area contributed by atoms with Gasteiger partial charge in [-0.1, -0.05) is 60.7 Å². The Hall–Kier alpha value is -3.85. The molecular weight excluding hydrogens is 356 g/mol. The van der Waals surface area contributed by atoms with Gasteiger partial charge in [-0.05, 0) is 52.7 Å². The Morgan fingerprint density at radius 2 is 1.48 bits per heavy atom. The zero-order valence-corrected chi connectivity index (χ0v) is 16.1. The van der Waals surface area contributed by atoms with Crippen molar-refractivity contribution in [2.75, 3.05) is 0 Å². The molecule has 3 heteroatoms. The normalized spacial score (nSPS) is 11.6. The number of phenolic OH excluding ortho intramolecular Hbond substituents is 1. The molecule has 0 amide bonds. The van der Waals surface area contributed by atoms with Crippen LogP contribution in [0.4, 0.5) is 0 Å². The van der Waals surface area contributed by atoms with Crippen molar-refractivity contribution in [3.05, 3.63) is 102 Å². The van der Waals surface area contributed by atoms with E-state index in [9.17, 15) is 5.11 Å². The van der Waals surface area contributed by atoms with E-state index in [1.54, 1.807) is 10.9 Å². The second-order valence-corrected chi connectivity index (χ2v) is 7.18. The number of nitrogens with zero attached hydrogens (tertiary/aromatic N) is 2. The smallest absolute Gasteiger partial charge is 0.132 e. The first kappa shape index (κ1) is 17.3. The summed E-state index contributed by atoms with van der Waals surface area (Å²) in [6.45, 7) is 2.00. The van der Waals surface area contributed by atoms with Crippen LogP contribution in [0.2, 0.25) is 0 Å². The predicted molar refractivity (Wildman–Crippen MR) is 121 cm³/mol. The summed E-state index contributed by atoms with van der Waals surface area (Å²) in [6, 6.07) is 28.6.